The number of rotatable bonds is 5. The van der Waals surface area contributed by atoms with Crippen LogP contribution in [0, 0.1) is 5.41 Å². The van der Waals surface area contributed by atoms with Gasteiger partial charge in [-0.25, -0.2) is 4.79 Å². The Morgan fingerprint density at radius 2 is 1.84 bits per heavy atom. The molecule has 1 saturated carbocycles. The van der Waals surface area contributed by atoms with Crippen LogP contribution in [0.3, 0.4) is 0 Å². The third-order valence-electron chi connectivity index (χ3n) is 3.08. The average Bonchev–Trinajstić information content (AvgIpc) is 3.08. The molecule has 0 aromatic carbocycles. The molecule has 6 nitrogen and oxygen atoms in total. The zero-order valence-electron chi connectivity index (χ0n) is 11.9. The minimum absolute atomic E-state index is 0.00476. The Kier molecular flexibility index (Phi) is 4.55. The Labute approximate surface area is 113 Å². The first-order valence-electron chi connectivity index (χ1n) is 6.47. The lowest BCUT2D eigenvalue weighted by atomic mass is 9.96. The van der Waals surface area contributed by atoms with E-state index in [9.17, 15) is 14.4 Å². The van der Waals surface area contributed by atoms with Gasteiger partial charge in [-0.2, -0.15) is 0 Å². The average molecular weight is 270 g/mol. The topological polar surface area (TPSA) is 86.7 Å². The van der Waals surface area contributed by atoms with Crippen molar-refractivity contribution in [2.75, 3.05) is 6.54 Å². The number of hydrogen-bond donors (Lipinski definition) is 2. The number of hydrogen-bond acceptors (Lipinski definition) is 3. The molecule has 2 N–H and O–H groups in total. The summed E-state index contributed by atoms with van der Waals surface area (Å²) in [6.45, 7) is 6.61. The molecule has 0 aromatic heterocycles. The van der Waals surface area contributed by atoms with E-state index in [1.54, 1.807) is 20.8 Å². The number of nitrogens with one attached hydrogen (secondary N) is 1. The summed E-state index contributed by atoms with van der Waals surface area (Å²) in [5.74, 6) is -1.59. The highest BCUT2D eigenvalue weighted by Gasteiger charge is 2.38. The molecule has 0 saturated heterocycles. The molecular formula is C13H22N2O4. The van der Waals surface area contributed by atoms with Gasteiger partial charge < -0.3 is 15.3 Å². The fourth-order valence-electron chi connectivity index (χ4n) is 1.72. The van der Waals surface area contributed by atoms with Gasteiger partial charge in [0.05, 0.1) is 6.54 Å². The highest BCUT2D eigenvalue weighted by Crippen LogP contribution is 2.28. The molecule has 1 aliphatic rings. The van der Waals surface area contributed by atoms with Crippen molar-refractivity contribution < 1.29 is 19.5 Å². The maximum Gasteiger partial charge on any atom is 0.326 e. The predicted octanol–water partition coefficient (Wildman–Crippen LogP) is 0.613. The van der Waals surface area contributed by atoms with Gasteiger partial charge in [-0.1, -0.05) is 20.8 Å². The Morgan fingerprint density at radius 1 is 1.32 bits per heavy atom. The number of amides is 2. The number of aliphatic carboxylic acids is 1. The van der Waals surface area contributed by atoms with Crippen LogP contribution in [0.25, 0.3) is 0 Å². The second-order valence-electron chi connectivity index (χ2n) is 5.98. The first-order chi connectivity index (χ1) is 8.64. The molecule has 1 unspecified atom stereocenters. The summed E-state index contributed by atoms with van der Waals surface area (Å²) in [6.07, 6.45) is 1.66. The lowest BCUT2D eigenvalue weighted by molar-refractivity contribution is -0.150. The van der Waals surface area contributed by atoms with Crippen LogP contribution in [-0.2, 0) is 14.4 Å². The van der Waals surface area contributed by atoms with E-state index in [1.807, 2.05) is 0 Å². The maximum absolute atomic E-state index is 12.0. The van der Waals surface area contributed by atoms with Gasteiger partial charge in [0.15, 0.2) is 0 Å². The Bertz CT molecular complexity index is 383. The number of carbonyl (C=O) groups excluding carboxylic acids is 2. The quantitative estimate of drug-likeness (QED) is 0.766. The summed E-state index contributed by atoms with van der Waals surface area (Å²) >= 11 is 0. The van der Waals surface area contributed by atoms with Gasteiger partial charge in [-0.05, 0) is 19.8 Å². The van der Waals surface area contributed by atoms with E-state index in [1.165, 1.54) is 11.8 Å². The SMILES string of the molecule is CC(C(=O)O)N(C(=O)CNC(=O)C(C)(C)C)C1CC1. The second kappa shape index (κ2) is 5.59. The summed E-state index contributed by atoms with van der Waals surface area (Å²) in [5, 5.41) is 11.6. The second-order valence-corrected chi connectivity index (χ2v) is 5.98. The smallest absolute Gasteiger partial charge is 0.326 e. The van der Waals surface area contributed by atoms with Crippen LogP contribution < -0.4 is 5.32 Å². The minimum Gasteiger partial charge on any atom is -0.480 e. The van der Waals surface area contributed by atoms with Gasteiger partial charge in [0.2, 0.25) is 11.8 Å². The molecular weight excluding hydrogens is 248 g/mol. The van der Waals surface area contributed by atoms with E-state index in [-0.39, 0.29) is 24.4 Å². The van der Waals surface area contributed by atoms with E-state index in [4.69, 9.17) is 5.11 Å². The molecule has 6 heteroatoms. The zero-order chi connectivity index (χ0) is 14.8. The van der Waals surface area contributed by atoms with E-state index in [2.05, 4.69) is 5.32 Å². The van der Waals surface area contributed by atoms with Crippen LogP contribution in [-0.4, -0.2) is 46.4 Å². The molecule has 1 fully saturated rings. The fraction of sp³-hybridized carbons (Fsp3) is 0.769. The zero-order valence-corrected chi connectivity index (χ0v) is 11.9. The molecule has 0 bridgehead atoms. The first kappa shape index (κ1) is 15.5. The van der Waals surface area contributed by atoms with E-state index >= 15 is 0 Å². The summed E-state index contributed by atoms with van der Waals surface area (Å²) in [7, 11) is 0. The van der Waals surface area contributed by atoms with Crippen LogP contribution >= 0.6 is 0 Å². The summed E-state index contributed by atoms with van der Waals surface area (Å²) in [4.78, 5) is 36.1. The standard InChI is InChI=1S/C13H22N2O4/c1-8(11(17)18)15(9-5-6-9)10(16)7-14-12(19)13(2,3)4/h8-9H,5-7H2,1-4H3,(H,14,19)(H,17,18). The number of carboxylic acids is 1. The Hall–Kier alpha value is -1.59. The van der Waals surface area contributed by atoms with Crippen LogP contribution in [0.2, 0.25) is 0 Å². The minimum atomic E-state index is -1.03. The van der Waals surface area contributed by atoms with Crippen LogP contribution in [0.4, 0.5) is 0 Å². The van der Waals surface area contributed by atoms with Crippen molar-refractivity contribution in [2.45, 2.75) is 52.6 Å². The molecule has 0 aliphatic heterocycles. The largest absolute Gasteiger partial charge is 0.480 e. The fourth-order valence-corrected chi connectivity index (χ4v) is 1.72. The highest BCUT2D eigenvalue weighted by molar-refractivity contribution is 5.89. The van der Waals surface area contributed by atoms with Gasteiger partial charge in [-0.15, -0.1) is 0 Å². The molecule has 1 aliphatic carbocycles. The third kappa shape index (κ3) is 4.22. The molecule has 0 aromatic rings. The van der Waals surface area contributed by atoms with Crippen molar-refractivity contribution in [1.82, 2.24) is 10.2 Å². The molecule has 1 atom stereocenters. The predicted molar refractivity (Wildman–Crippen MR) is 69.4 cm³/mol. The first-order valence-corrected chi connectivity index (χ1v) is 6.47. The highest BCUT2D eigenvalue weighted by atomic mass is 16.4. The number of carboxylic acid groups (broad SMARTS) is 1. The van der Waals surface area contributed by atoms with Crippen molar-refractivity contribution in [3.63, 3.8) is 0 Å². The number of carbonyl (C=O) groups is 3. The molecule has 0 heterocycles. The van der Waals surface area contributed by atoms with Crippen molar-refractivity contribution in [3.05, 3.63) is 0 Å². The number of nitrogens with zero attached hydrogens (tertiary/aromatic N) is 1. The van der Waals surface area contributed by atoms with E-state index in [0.717, 1.165) is 12.8 Å². The van der Waals surface area contributed by atoms with Crippen LogP contribution in [0.1, 0.15) is 40.5 Å². The molecule has 108 valence electrons. The van der Waals surface area contributed by atoms with Crippen molar-refractivity contribution in [1.29, 1.82) is 0 Å². The lowest BCUT2D eigenvalue weighted by Gasteiger charge is -2.27. The monoisotopic (exact) mass is 270 g/mol. The van der Waals surface area contributed by atoms with Crippen molar-refractivity contribution >= 4 is 17.8 Å². The van der Waals surface area contributed by atoms with E-state index < -0.39 is 17.4 Å². The maximum atomic E-state index is 12.0. The van der Waals surface area contributed by atoms with Gasteiger partial charge in [0.1, 0.15) is 6.04 Å². The van der Waals surface area contributed by atoms with Gasteiger partial charge in [-0.3, -0.25) is 9.59 Å². The van der Waals surface area contributed by atoms with Crippen LogP contribution in [0.15, 0.2) is 0 Å². The molecule has 19 heavy (non-hydrogen) atoms. The van der Waals surface area contributed by atoms with Gasteiger partial charge in [0, 0.05) is 11.5 Å². The Balaban J connectivity index is 2.59. The molecule has 2 amide bonds. The molecule has 0 radical (unpaired) electrons. The van der Waals surface area contributed by atoms with Gasteiger partial charge in [0.25, 0.3) is 0 Å². The molecule has 1 rings (SSSR count). The van der Waals surface area contributed by atoms with Crippen LogP contribution in [0.5, 0.6) is 0 Å². The normalized spacial score (nSPS) is 16.6. The Morgan fingerprint density at radius 3 is 2.21 bits per heavy atom. The van der Waals surface area contributed by atoms with Gasteiger partial charge >= 0.3 is 5.97 Å². The summed E-state index contributed by atoms with van der Waals surface area (Å²) in [5.41, 5.74) is -0.566. The van der Waals surface area contributed by atoms with Crippen molar-refractivity contribution in [2.24, 2.45) is 5.41 Å². The van der Waals surface area contributed by atoms with E-state index in [0.29, 0.717) is 0 Å². The summed E-state index contributed by atoms with van der Waals surface area (Å²) in [6, 6.07) is -0.850. The summed E-state index contributed by atoms with van der Waals surface area (Å²) < 4.78 is 0. The molecule has 0 spiro atoms. The third-order valence-corrected chi connectivity index (χ3v) is 3.08. The van der Waals surface area contributed by atoms with Crippen molar-refractivity contribution in [3.8, 4) is 0 Å². The lowest BCUT2D eigenvalue weighted by Crippen LogP contribution is -2.49.